The monoisotopic (exact) mass is 288 g/mol. The van der Waals surface area contributed by atoms with Crippen LogP contribution in [-0.4, -0.2) is 19.1 Å². The minimum Gasteiger partial charge on any atom is -0.491 e. The van der Waals surface area contributed by atoms with Gasteiger partial charge in [-0.25, -0.2) is 0 Å². The van der Waals surface area contributed by atoms with Crippen molar-refractivity contribution in [3.63, 3.8) is 0 Å². The fraction of sp³-hybridized carbons (Fsp3) is 0.471. The van der Waals surface area contributed by atoms with Crippen molar-refractivity contribution in [3.8, 4) is 5.75 Å². The van der Waals surface area contributed by atoms with Crippen molar-refractivity contribution in [1.82, 2.24) is 5.32 Å². The molecule has 0 aliphatic heterocycles. The number of hydrogen-bond donors (Lipinski definition) is 2. The van der Waals surface area contributed by atoms with Crippen LogP contribution in [-0.2, 0) is 4.79 Å². The first-order valence-electron chi connectivity index (χ1n) is 7.67. The third-order valence-electron chi connectivity index (χ3n) is 3.66. The number of amides is 1. The number of nitrogen functional groups attached to an aromatic ring is 1. The van der Waals surface area contributed by atoms with E-state index in [0.717, 1.165) is 13.0 Å². The summed E-state index contributed by atoms with van der Waals surface area (Å²) < 4.78 is 5.51. The van der Waals surface area contributed by atoms with Gasteiger partial charge < -0.3 is 15.8 Å². The van der Waals surface area contributed by atoms with Crippen LogP contribution >= 0.6 is 0 Å². The first kappa shape index (κ1) is 15.4. The molecule has 0 fully saturated rings. The Labute approximate surface area is 126 Å². The molecule has 1 aliphatic rings. The SMILES string of the molecule is Nc1ccccc1OCCC(=O)NCCC1=CCCCC1. The van der Waals surface area contributed by atoms with Crippen LogP contribution in [0.25, 0.3) is 0 Å². The molecule has 0 radical (unpaired) electrons. The summed E-state index contributed by atoms with van der Waals surface area (Å²) in [5.74, 6) is 0.665. The van der Waals surface area contributed by atoms with E-state index in [1.54, 1.807) is 6.07 Å². The van der Waals surface area contributed by atoms with E-state index >= 15 is 0 Å². The highest BCUT2D eigenvalue weighted by atomic mass is 16.5. The van der Waals surface area contributed by atoms with Gasteiger partial charge in [0.1, 0.15) is 5.75 Å². The quantitative estimate of drug-likeness (QED) is 0.598. The smallest absolute Gasteiger partial charge is 0.223 e. The van der Waals surface area contributed by atoms with Crippen molar-refractivity contribution in [2.45, 2.75) is 38.5 Å². The molecule has 114 valence electrons. The number of rotatable bonds is 7. The summed E-state index contributed by atoms with van der Waals surface area (Å²) in [6, 6.07) is 7.31. The standard InChI is InChI=1S/C17H24N2O2/c18-15-8-4-5-9-16(15)21-13-11-17(20)19-12-10-14-6-2-1-3-7-14/h4-6,8-9H,1-3,7,10-13,18H2,(H,19,20). The third kappa shape index (κ3) is 5.50. The zero-order valence-electron chi connectivity index (χ0n) is 12.4. The zero-order valence-corrected chi connectivity index (χ0v) is 12.4. The predicted octanol–water partition coefficient (Wildman–Crippen LogP) is 3.04. The molecule has 1 amide bonds. The number of carbonyl (C=O) groups excluding carboxylic acids is 1. The van der Waals surface area contributed by atoms with E-state index in [1.165, 1.54) is 31.3 Å². The molecule has 0 heterocycles. The molecule has 0 saturated carbocycles. The molecule has 4 nitrogen and oxygen atoms in total. The normalized spacial score (nSPS) is 14.4. The van der Waals surface area contributed by atoms with Gasteiger partial charge >= 0.3 is 0 Å². The Morgan fingerprint density at radius 1 is 1.29 bits per heavy atom. The Balaban J connectivity index is 1.59. The lowest BCUT2D eigenvalue weighted by atomic mass is 9.97. The summed E-state index contributed by atoms with van der Waals surface area (Å²) in [5, 5.41) is 2.94. The average molecular weight is 288 g/mol. The molecule has 3 N–H and O–H groups in total. The molecule has 0 unspecified atom stereocenters. The van der Waals surface area contributed by atoms with Gasteiger partial charge in [0.2, 0.25) is 5.91 Å². The zero-order chi connectivity index (χ0) is 14.9. The van der Waals surface area contributed by atoms with Crippen LogP contribution < -0.4 is 15.8 Å². The van der Waals surface area contributed by atoms with E-state index in [4.69, 9.17) is 10.5 Å². The molecule has 1 aromatic rings. The first-order chi connectivity index (χ1) is 10.3. The van der Waals surface area contributed by atoms with Crippen LogP contribution in [0.15, 0.2) is 35.9 Å². The van der Waals surface area contributed by atoms with Crippen LogP contribution in [0.3, 0.4) is 0 Å². The number of benzene rings is 1. The van der Waals surface area contributed by atoms with E-state index in [-0.39, 0.29) is 5.91 Å². The molecule has 21 heavy (non-hydrogen) atoms. The van der Waals surface area contributed by atoms with Crippen molar-refractivity contribution in [2.24, 2.45) is 0 Å². The Kier molecular flexibility index (Phi) is 6.13. The highest BCUT2D eigenvalue weighted by Gasteiger charge is 2.06. The second-order valence-electron chi connectivity index (χ2n) is 5.34. The van der Waals surface area contributed by atoms with E-state index in [9.17, 15) is 4.79 Å². The van der Waals surface area contributed by atoms with Crippen molar-refractivity contribution < 1.29 is 9.53 Å². The molecular weight excluding hydrogens is 264 g/mol. The number of carbonyl (C=O) groups is 1. The predicted molar refractivity (Wildman–Crippen MR) is 85.1 cm³/mol. The minimum atomic E-state index is 0.0286. The maximum Gasteiger partial charge on any atom is 0.223 e. The highest BCUT2D eigenvalue weighted by molar-refractivity contribution is 5.76. The fourth-order valence-electron chi connectivity index (χ4n) is 2.45. The molecule has 0 spiro atoms. The summed E-state index contributed by atoms with van der Waals surface area (Å²) >= 11 is 0. The first-order valence-corrected chi connectivity index (χ1v) is 7.67. The van der Waals surface area contributed by atoms with Gasteiger partial charge in [-0.2, -0.15) is 0 Å². The number of ether oxygens (including phenoxy) is 1. The van der Waals surface area contributed by atoms with Crippen LogP contribution in [0.4, 0.5) is 5.69 Å². The second-order valence-corrected chi connectivity index (χ2v) is 5.34. The molecule has 4 heteroatoms. The van der Waals surface area contributed by atoms with Crippen LogP contribution in [0, 0.1) is 0 Å². The van der Waals surface area contributed by atoms with Gasteiger partial charge in [-0.15, -0.1) is 0 Å². The molecule has 0 atom stereocenters. The number of para-hydroxylation sites is 2. The lowest BCUT2D eigenvalue weighted by Crippen LogP contribution is -2.26. The summed E-state index contributed by atoms with van der Waals surface area (Å²) in [5.41, 5.74) is 7.85. The summed E-state index contributed by atoms with van der Waals surface area (Å²) in [6.07, 6.45) is 8.60. The van der Waals surface area contributed by atoms with Gasteiger partial charge in [0.05, 0.1) is 18.7 Å². The Hall–Kier alpha value is -1.97. The van der Waals surface area contributed by atoms with Crippen molar-refractivity contribution in [3.05, 3.63) is 35.9 Å². The summed E-state index contributed by atoms with van der Waals surface area (Å²) in [7, 11) is 0. The van der Waals surface area contributed by atoms with Crippen molar-refractivity contribution in [1.29, 1.82) is 0 Å². The fourth-order valence-corrected chi connectivity index (χ4v) is 2.45. The largest absolute Gasteiger partial charge is 0.491 e. The number of nitrogens with two attached hydrogens (primary N) is 1. The number of nitrogens with one attached hydrogen (secondary N) is 1. The van der Waals surface area contributed by atoms with Crippen LogP contribution in [0.5, 0.6) is 5.75 Å². The highest BCUT2D eigenvalue weighted by Crippen LogP contribution is 2.20. The van der Waals surface area contributed by atoms with Crippen molar-refractivity contribution in [2.75, 3.05) is 18.9 Å². The maximum atomic E-state index is 11.7. The average Bonchev–Trinajstić information content (AvgIpc) is 2.50. The van der Waals surface area contributed by atoms with E-state index in [0.29, 0.717) is 24.5 Å². The number of hydrogen-bond acceptors (Lipinski definition) is 3. The van der Waals surface area contributed by atoms with Crippen molar-refractivity contribution >= 4 is 11.6 Å². The molecule has 0 bridgehead atoms. The molecule has 0 aromatic heterocycles. The van der Waals surface area contributed by atoms with Gasteiger partial charge in [-0.1, -0.05) is 23.8 Å². The lowest BCUT2D eigenvalue weighted by molar-refractivity contribution is -0.121. The Morgan fingerprint density at radius 3 is 2.90 bits per heavy atom. The minimum absolute atomic E-state index is 0.0286. The number of anilines is 1. The molecule has 0 saturated heterocycles. The topological polar surface area (TPSA) is 64.3 Å². The molecule has 1 aliphatic carbocycles. The van der Waals surface area contributed by atoms with E-state index in [1.807, 2.05) is 18.2 Å². The number of allylic oxidation sites excluding steroid dienone is 1. The molecule has 1 aromatic carbocycles. The third-order valence-corrected chi connectivity index (χ3v) is 3.66. The Morgan fingerprint density at radius 2 is 2.14 bits per heavy atom. The van der Waals surface area contributed by atoms with E-state index in [2.05, 4.69) is 11.4 Å². The van der Waals surface area contributed by atoms with Gasteiger partial charge in [0.15, 0.2) is 0 Å². The second kappa shape index (κ2) is 8.35. The molecular formula is C17H24N2O2. The van der Waals surface area contributed by atoms with E-state index < -0.39 is 0 Å². The van der Waals surface area contributed by atoms with Crippen LogP contribution in [0.1, 0.15) is 38.5 Å². The van der Waals surface area contributed by atoms with Crippen LogP contribution in [0.2, 0.25) is 0 Å². The van der Waals surface area contributed by atoms with Gasteiger partial charge in [0, 0.05) is 6.54 Å². The van der Waals surface area contributed by atoms with Gasteiger partial charge in [-0.3, -0.25) is 4.79 Å². The van der Waals surface area contributed by atoms with Gasteiger partial charge in [-0.05, 0) is 44.2 Å². The summed E-state index contributed by atoms with van der Waals surface area (Å²) in [4.78, 5) is 11.7. The molecule has 2 rings (SSSR count). The maximum absolute atomic E-state index is 11.7. The van der Waals surface area contributed by atoms with Gasteiger partial charge in [0.25, 0.3) is 0 Å². The Bertz CT molecular complexity index is 497. The lowest BCUT2D eigenvalue weighted by Gasteiger charge is -2.13. The summed E-state index contributed by atoms with van der Waals surface area (Å²) in [6.45, 7) is 1.07.